The lowest BCUT2D eigenvalue weighted by molar-refractivity contribution is -0.0399. The molecule has 0 spiro atoms. The largest absolute Gasteiger partial charge is 0.454 e. The quantitative estimate of drug-likeness (QED) is 0.803. The highest BCUT2D eigenvalue weighted by atomic mass is 16.7. The zero-order chi connectivity index (χ0) is 15.8. The van der Waals surface area contributed by atoms with Crippen molar-refractivity contribution >= 4 is 0 Å². The molecule has 3 heterocycles. The maximum Gasteiger partial charge on any atom is 0.231 e. The number of rotatable bonds is 1. The summed E-state index contributed by atoms with van der Waals surface area (Å²) < 4.78 is 16.7. The molecule has 0 amide bonds. The first-order valence-corrected chi connectivity index (χ1v) is 8.25. The van der Waals surface area contributed by atoms with Gasteiger partial charge in [-0.3, -0.25) is 4.90 Å². The lowest BCUT2D eigenvalue weighted by Gasteiger charge is -2.48. The molecule has 23 heavy (non-hydrogen) atoms. The van der Waals surface area contributed by atoms with Gasteiger partial charge in [-0.25, -0.2) is 0 Å². The van der Waals surface area contributed by atoms with Crippen molar-refractivity contribution in [3.8, 4) is 11.5 Å². The number of aliphatic hydroxyl groups is 1. The molecule has 0 radical (unpaired) electrons. The van der Waals surface area contributed by atoms with Gasteiger partial charge < -0.3 is 19.3 Å². The minimum atomic E-state index is -0.591. The molecule has 5 rings (SSSR count). The van der Waals surface area contributed by atoms with Crippen molar-refractivity contribution in [1.82, 2.24) is 4.90 Å². The second-order valence-corrected chi connectivity index (χ2v) is 7.08. The van der Waals surface area contributed by atoms with Crippen LogP contribution in [-0.4, -0.2) is 42.6 Å². The Hall–Kier alpha value is -1.56. The Bertz CT molecular complexity index is 703. The zero-order valence-corrected chi connectivity index (χ0v) is 13.4. The lowest BCUT2D eigenvalue weighted by atomic mass is 9.62. The molecule has 1 N–H and O–H groups in total. The molecule has 1 aromatic carbocycles. The lowest BCUT2D eigenvalue weighted by Crippen LogP contribution is -2.52. The predicted molar refractivity (Wildman–Crippen MR) is 83.4 cm³/mol. The molecule has 122 valence electrons. The monoisotopic (exact) mass is 315 g/mol. The summed E-state index contributed by atoms with van der Waals surface area (Å²) in [5.41, 5.74) is 2.06. The molecule has 2 bridgehead atoms. The van der Waals surface area contributed by atoms with Gasteiger partial charge >= 0.3 is 0 Å². The molecule has 1 aromatic rings. The molecule has 5 heteroatoms. The highest BCUT2D eigenvalue weighted by molar-refractivity contribution is 5.57. The second kappa shape index (κ2) is 4.50. The van der Waals surface area contributed by atoms with Gasteiger partial charge in [0.05, 0.1) is 6.10 Å². The number of nitrogens with zero attached hydrogens (tertiary/aromatic N) is 1. The second-order valence-electron chi connectivity index (χ2n) is 7.08. The van der Waals surface area contributed by atoms with E-state index in [1.54, 1.807) is 7.11 Å². The third kappa shape index (κ3) is 1.57. The van der Waals surface area contributed by atoms with Gasteiger partial charge in [0.15, 0.2) is 11.5 Å². The SMILES string of the molecule is COC1C=C[C@]23c4cc5c(cc4C(O)N(CC2C)[C@@H]3C1)OCO5. The summed E-state index contributed by atoms with van der Waals surface area (Å²) in [6.45, 7) is 3.41. The summed E-state index contributed by atoms with van der Waals surface area (Å²) in [6, 6.07) is 4.31. The average molecular weight is 315 g/mol. The van der Waals surface area contributed by atoms with Crippen molar-refractivity contribution < 1.29 is 19.3 Å². The van der Waals surface area contributed by atoms with Crippen LogP contribution in [0.5, 0.6) is 11.5 Å². The van der Waals surface area contributed by atoms with Crippen molar-refractivity contribution in [1.29, 1.82) is 0 Å². The molecular formula is C18H21NO4. The highest BCUT2D eigenvalue weighted by Crippen LogP contribution is 2.58. The third-order valence-corrected chi connectivity index (χ3v) is 6.20. The number of hydrogen-bond donors (Lipinski definition) is 1. The van der Waals surface area contributed by atoms with Gasteiger partial charge in [0.2, 0.25) is 6.79 Å². The molecule has 1 saturated heterocycles. The number of ether oxygens (including phenoxy) is 3. The standard InChI is InChI=1S/C18H21NO4/c1-10-8-19-16-5-11(21-2)3-4-18(10,16)13-7-15-14(22-9-23-15)6-12(13)17(19)20/h3-4,6-7,10-11,16-17,20H,5,8-9H2,1-2H3/t10?,11?,16-,17?,18-/m1/s1. The van der Waals surface area contributed by atoms with Crippen LogP contribution in [0, 0.1) is 5.92 Å². The summed E-state index contributed by atoms with van der Waals surface area (Å²) in [7, 11) is 1.75. The Morgan fingerprint density at radius 2 is 2.09 bits per heavy atom. The van der Waals surface area contributed by atoms with Gasteiger partial charge in [-0.2, -0.15) is 0 Å². The van der Waals surface area contributed by atoms with Crippen LogP contribution >= 0.6 is 0 Å². The van der Waals surface area contributed by atoms with Crippen LogP contribution in [0.2, 0.25) is 0 Å². The number of hydrogen-bond acceptors (Lipinski definition) is 5. The number of benzene rings is 1. The Morgan fingerprint density at radius 3 is 2.87 bits per heavy atom. The summed E-state index contributed by atoms with van der Waals surface area (Å²) in [5.74, 6) is 1.96. The Balaban J connectivity index is 1.75. The van der Waals surface area contributed by atoms with Crippen LogP contribution in [-0.2, 0) is 10.2 Å². The summed E-state index contributed by atoms with van der Waals surface area (Å²) in [6.07, 6.45) is 4.92. The van der Waals surface area contributed by atoms with E-state index >= 15 is 0 Å². The van der Waals surface area contributed by atoms with Gasteiger partial charge in [0.1, 0.15) is 6.23 Å². The van der Waals surface area contributed by atoms with Crippen LogP contribution in [0.4, 0.5) is 0 Å². The van der Waals surface area contributed by atoms with Gasteiger partial charge in [-0.05, 0) is 30.0 Å². The molecule has 0 saturated carbocycles. The predicted octanol–water partition coefficient (Wildman–Crippen LogP) is 1.95. The van der Waals surface area contributed by atoms with Crippen LogP contribution in [0.3, 0.4) is 0 Å². The van der Waals surface area contributed by atoms with Gasteiger partial charge in [0.25, 0.3) is 0 Å². The van der Waals surface area contributed by atoms with Crippen LogP contribution < -0.4 is 9.47 Å². The fraction of sp³-hybridized carbons (Fsp3) is 0.556. The van der Waals surface area contributed by atoms with Crippen molar-refractivity contribution in [2.45, 2.75) is 37.1 Å². The number of methoxy groups -OCH3 is 1. The molecule has 1 fully saturated rings. The number of fused-ring (bicyclic) bond motifs is 2. The Kier molecular flexibility index (Phi) is 2.71. The van der Waals surface area contributed by atoms with Crippen LogP contribution in [0.1, 0.15) is 30.7 Å². The Labute approximate surface area is 135 Å². The summed E-state index contributed by atoms with van der Waals surface area (Å²) in [5, 5.41) is 11.0. The van der Waals surface area contributed by atoms with Crippen molar-refractivity contribution in [2.24, 2.45) is 5.92 Å². The Morgan fingerprint density at radius 1 is 1.30 bits per heavy atom. The summed E-state index contributed by atoms with van der Waals surface area (Å²) >= 11 is 0. The normalized spacial score (nSPS) is 42.5. The first-order valence-electron chi connectivity index (χ1n) is 8.25. The van der Waals surface area contributed by atoms with Crippen molar-refractivity contribution in [2.75, 3.05) is 20.4 Å². The minimum Gasteiger partial charge on any atom is -0.454 e. The van der Waals surface area contributed by atoms with Crippen LogP contribution in [0.15, 0.2) is 24.3 Å². The van der Waals surface area contributed by atoms with E-state index in [1.165, 1.54) is 5.56 Å². The van der Waals surface area contributed by atoms with E-state index in [9.17, 15) is 5.11 Å². The van der Waals surface area contributed by atoms with Gasteiger partial charge in [-0.1, -0.05) is 19.1 Å². The molecule has 4 aliphatic rings. The smallest absolute Gasteiger partial charge is 0.231 e. The van der Waals surface area contributed by atoms with E-state index in [2.05, 4.69) is 30.0 Å². The topological polar surface area (TPSA) is 51.2 Å². The minimum absolute atomic E-state index is 0.0788. The van der Waals surface area contributed by atoms with E-state index in [-0.39, 0.29) is 24.4 Å². The number of aliphatic hydroxyl groups excluding tert-OH is 1. The van der Waals surface area contributed by atoms with Crippen molar-refractivity contribution in [3.05, 3.63) is 35.4 Å². The molecule has 1 aliphatic carbocycles. The molecule has 0 aromatic heterocycles. The maximum atomic E-state index is 11.0. The van der Waals surface area contributed by atoms with Crippen LogP contribution in [0.25, 0.3) is 0 Å². The maximum absolute atomic E-state index is 11.0. The van der Waals surface area contributed by atoms with Gasteiger partial charge in [-0.15, -0.1) is 0 Å². The van der Waals surface area contributed by atoms with Crippen molar-refractivity contribution in [3.63, 3.8) is 0 Å². The van der Waals surface area contributed by atoms with E-state index in [0.717, 1.165) is 30.0 Å². The zero-order valence-electron chi connectivity index (χ0n) is 13.4. The summed E-state index contributed by atoms with van der Waals surface area (Å²) in [4.78, 5) is 2.23. The fourth-order valence-electron chi connectivity index (χ4n) is 5.07. The van der Waals surface area contributed by atoms with Gasteiger partial charge in [0, 0.05) is 30.7 Å². The highest BCUT2D eigenvalue weighted by Gasteiger charge is 2.59. The van der Waals surface area contributed by atoms with E-state index < -0.39 is 6.23 Å². The molecule has 5 nitrogen and oxygen atoms in total. The average Bonchev–Trinajstić information content (AvgIpc) is 3.12. The molecule has 3 aliphatic heterocycles. The molecular weight excluding hydrogens is 294 g/mol. The van der Waals surface area contributed by atoms with E-state index in [0.29, 0.717) is 5.92 Å². The molecule has 4 unspecified atom stereocenters. The first-order chi connectivity index (χ1) is 11.1. The fourth-order valence-corrected chi connectivity index (χ4v) is 5.07. The van der Waals surface area contributed by atoms with E-state index in [4.69, 9.17) is 14.2 Å². The first kappa shape index (κ1) is 13.8. The van der Waals surface area contributed by atoms with E-state index in [1.807, 2.05) is 6.07 Å². The molecule has 6 atom stereocenters. The third-order valence-electron chi connectivity index (χ3n) is 6.20.